The summed E-state index contributed by atoms with van der Waals surface area (Å²) in [6.07, 6.45) is -4.36. The molecule has 3 aromatic carbocycles. The normalized spacial score (nSPS) is 11.9. The van der Waals surface area contributed by atoms with Crippen molar-refractivity contribution in [3.8, 4) is 11.5 Å². The summed E-state index contributed by atoms with van der Waals surface area (Å²) in [5.74, 6) is 0.487. The Hall–Kier alpha value is -2.83. The molecule has 29 heavy (non-hydrogen) atoms. The number of benzene rings is 3. The fourth-order valence-corrected chi connectivity index (χ4v) is 3.25. The van der Waals surface area contributed by atoms with Gasteiger partial charge < -0.3 is 9.73 Å². The molecule has 0 atom stereocenters. The Morgan fingerprint density at radius 3 is 2.45 bits per heavy atom. The van der Waals surface area contributed by atoms with Gasteiger partial charge in [-0.15, -0.1) is 0 Å². The molecule has 148 valence electrons. The highest BCUT2D eigenvalue weighted by Crippen LogP contribution is 2.32. The lowest BCUT2D eigenvalue weighted by molar-refractivity contribution is -0.138. The molecule has 0 saturated heterocycles. The van der Waals surface area contributed by atoms with Crippen molar-refractivity contribution in [1.82, 2.24) is 10.3 Å². The van der Waals surface area contributed by atoms with E-state index in [1.54, 1.807) is 24.3 Å². The highest BCUT2D eigenvalue weighted by atomic mass is 35.5. The van der Waals surface area contributed by atoms with Gasteiger partial charge in [0.2, 0.25) is 5.89 Å². The van der Waals surface area contributed by atoms with Crippen LogP contribution in [0.5, 0.6) is 0 Å². The maximum absolute atomic E-state index is 13.1. The third kappa shape index (κ3) is 4.44. The third-order valence-electron chi connectivity index (χ3n) is 4.52. The summed E-state index contributed by atoms with van der Waals surface area (Å²) in [6.45, 7) is 0.568. The fourth-order valence-electron chi connectivity index (χ4n) is 3.08. The second kappa shape index (κ2) is 7.89. The van der Waals surface area contributed by atoms with Gasteiger partial charge in [-0.25, -0.2) is 4.98 Å². The average Bonchev–Trinajstić information content (AvgIpc) is 3.11. The molecule has 0 bridgehead atoms. The van der Waals surface area contributed by atoms with Crippen LogP contribution in [0.15, 0.2) is 71.1 Å². The van der Waals surface area contributed by atoms with E-state index in [0.29, 0.717) is 28.6 Å². The van der Waals surface area contributed by atoms with E-state index in [2.05, 4.69) is 10.3 Å². The predicted molar refractivity (Wildman–Crippen MR) is 106 cm³/mol. The van der Waals surface area contributed by atoms with Crippen LogP contribution in [0.25, 0.3) is 22.6 Å². The lowest BCUT2D eigenvalue weighted by Gasteiger charge is -2.13. The summed E-state index contributed by atoms with van der Waals surface area (Å²) in [5, 5.41) is 3.65. The van der Waals surface area contributed by atoms with E-state index >= 15 is 0 Å². The van der Waals surface area contributed by atoms with Gasteiger partial charge in [0.15, 0.2) is 5.58 Å². The summed E-state index contributed by atoms with van der Waals surface area (Å²) in [6, 6.07) is 18.3. The number of aromatic nitrogens is 1. The zero-order chi connectivity index (χ0) is 20.4. The molecular formula is C22H16ClF3N2O. The first-order valence-electron chi connectivity index (χ1n) is 8.91. The van der Waals surface area contributed by atoms with Gasteiger partial charge in [-0.3, -0.25) is 0 Å². The predicted octanol–water partition coefficient (Wildman–Crippen LogP) is 6.46. The van der Waals surface area contributed by atoms with Crippen molar-refractivity contribution in [3.63, 3.8) is 0 Å². The maximum Gasteiger partial charge on any atom is 0.416 e. The summed E-state index contributed by atoms with van der Waals surface area (Å²) in [4.78, 5) is 4.43. The largest absolute Gasteiger partial charge is 0.436 e. The number of hydrogen-bond donors (Lipinski definition) is 1. The Morgan fingerprint density at radius 1 is 0.931 bits per heavy atom. The van der Waals surface area contributed by atoms with Crippen LogP contribution < -0.4 is 5.32 Å². The van der Waals surface area contributed by atoms with Crippen LogP contribution in [-0.2, 0) is 19.3 Å². The number of nitrogens with zero attached hydrogens (tertiary/aromatic N) is 1. The van der Waals surface area contributed by atoms with Crippen LogP contribution in [0.2, 0.25) is 5.02 Å². The molecule has 0 aliphatic carbocycles. The van der Waals surface area contributed by atoms with Crippen LogP contribution in [0, 0.1) is 0 Å². The Balaban J connectivity index is 1.42. The molecule has 0 amide bonds. The molecule has 1 heterocycles. The van der Waals surface area contributed by atoms with Gasteiger partial charge in [0, 0.05) is 23.7 Å². The van der Waals surface area contributed by atoms with Gasteiger partial charge in [0.05, 0.1) is 5.56 Å². The van der Waals surface area contributed by atoms with Crippen molar-refractivity contribution >= 4 is 22.7 Å². The molecule has 0 spiro atoms. The highest BCUT2D eigenvalue weighted by molar-refractivity contribution is 6.31. The standard InChI is InChI=1S/C22H16ClF3N2O/c23-17-9-10-20-19(11-17)28-21(29-20)15-7-5-14(6-8-15)12-27-13-16-3-1-2-4-18(16)22(24,25)26/h1-11,27H,12-13H2. The molecule has 0 aliphatic heterocycles. The Bertz CT molecular complexity index is 1140. The molecule has 7 heteroatoms. The van der Waals surface area contributed by atoms with E-state index in [0.717, 1.165) is 17.2 Å². The van der Waals surface area contributed by atoms with Crippen molar-refractivity contribution in [2.75, 3.05) is 0 Å². The van der Waals surface area contributed by atoms with E-state index in [-0.39, 0.29) is 12.1 Å². The number of nitrogens with one attached hydrogen (secondary N) is 1. The zero-order valence-electron chi connectivity index (χ0n) is 15.1. The van der Waals surface area contributed by atoms with Gasteiger partial charge in [-0.1, -0.05) is 41.9 Å². The second-order valence-corrected chi connectivity index (χ2v) is 7.02. The molecular weight excluding hydrogens is 401 g/mol. The maximum atomic E-state index is 13.1. The van der Waals surface area contributed by atoms with Gasteiger partial charge in [0.1, 0.15) is 5.52 Å². The monoisotopic (exact) mass is 416 g/mol. The Labute approximate surface area is 170 Å². The summed E-state index contributed by atoms with van der Waals surface area (Å²) < 4.78 is 44.9. The fraction of sp³-hybridized carbons (Fsp3) is 0.136. The van der Waals surface area contributed by atoms with E-state index in [1.807, 2.05) is 24.3 Å². The minimum atomic E-state index is -4.36. The molecule has 3 nitrogen and oxygen atoms in total. The van der Waals surface area contributed by atoms with Gasteiger partial charge in [-0.2, -0.15) is 13.2 Å². The summed E-state index contributed by atoms with van der Waals surface area (Å²) in [7, 11) is 0. The second-order valence-electron chi connectivity index (χ2n) is 6.59. The summed E-state index contributed by atoms with van der Waals surface area (Å²) in [5.41, 5.74) is 2.70. The molecule has 4 rings (SSSR count). The highest BCUT2D eigenvalue weighted by Gasteiger charge is 2.32. The van der Waals surface area contributed by atoms with Crippen molar-refractivity contribution in [1.29, 1.82) is 0 Å². The molecule has 0 fully saturated rings. The molecule has 4 aromatic rings. The van der Waals surface area contributed by atoms with Crippen LogP contribution in [0.3, 0.4) is 0 Å². The van der Waals surface area contributed by atoms with E-state index in [1.165, 1.54) is 12.1 Å². The lowest BCUT2D eigenvalue weighted by atomic mass is 10.1. The minimum absolute atomic E-state index is 0.128. The molecule has 1 N–H and O–H groups in total. The minimum Gasteiger partial charge on any atom is -0.436 e. The first kappa shape index (κ1) is 19.5. The molecule has 0 saturated carbocycles. The quantitative estimate of drug-likeness (QED) is 0.406. The van der Waals surface area contributed by atoms with E-state index < -0.39 is 11.7 Å². The van der Waals surface area contributed by atoms with Gasteiger partial charge in [0.25, 0.3) is 0 Å². The number of alkyl halides is 3. The van der Waals surface area contributed by atoms with E-state index in [4.69, 9.17) is 16.0 Å². The number of hydrogen-bond acceptors (Lipinski definition) is 3. The Kier molecular flexibility index (Phi) is 5.30. The number of oxazole rings is 1. The van der Waals surface area contributed by atoms with Crippen molar-refractivity contribution in [2.24, 2.45) is 0 Å². The lowest BCUT2D eigenvalue weighted by Crippen LogP contribution is -2.17. The molecule has 0 radical (unpaired) electrons. The first-order valence-corrected chi connectivity index (χ1v) is 9.29. The first-order chi connectivity index (χ1) is 13.9. The molecule has 0 unspecified atom stereocenters. The Morgan fingerprint density at radius 2 is 1.69 bits per heavy atom. The van der Waals surface area contributed by atoms with Crippen molar-refractivity contribution in [3.05, 3.63) is 88.4 Å². The van der Waals surface area contributed by atoms with Crippen LogP contribution in [-0.4, -0.2) is 4.98 Å². The van der Waals surface area contributed by atoms with Crippen LogP contribution >= 0.6 is 11.6 Å². The molecule has 0 aliphatic rings. The van der Waals surface area contributed by atoms with Gasteiger partial charge in [-0.05, 0) is 47.5 Å². The van der Waals surface area contributed by atoms with Crippen molar-refractivity contribution in [2.45, 2.75) is 19.3 Å². The van der Waals surface area contributed by atoms with Crippen molar-refractivity contribution < 1.29 is 17.6 Å². The van der Waals surface area contributed by atoms with Gasteiger partial charge >= 0.3 is 6.18 Å². The summed E-state index contributed by atoms with van der Waals surface area (Å²) >= 11 is 5.97. The zero-order valence-corrected chi connectivity index (χ0v) is 15.9. The SMILES string of the molecule is FC(F)(F)c1ccccc1CNCc1ccc(-c2nc3cc(Cl)ccc3o2)cc1. The third-order valence-corrected chi connectivity index (χ3v) is 4.75. The van der Waals surface area contributed by atoms with Crippen LogP contribution in [0.1, 0.15) is 16.7 Å². The molecule has 1 aromatic heterocycles. The topological polar surface area (TPSA) is 38.1 Å². The number of rotatable bonds is 5. The van der Waals surface area contributed by atoms with E-state index in [9.17, 15) is 13.2 Å². The average molecular weight is 417 g/mol. The smallest absolute Gasteiger partial charge is 0.416 e. The number of fused-ring (bicyclic) bond motifs is 1. The van der Waals surface area contributed by atoms with Crippen LogP contribution in [0.4, 0.5) is 13.2 Å². The number of halogens is 4.